The van der Waals surface area contributed by atoms with E-state index in [-0.39, 0.29) is 0 Å². The molecule has 0 heterocycles. The summed E-state index contributed by atoms with van der Waals surface area (Å²) in [5, 5.41) is 5.19. The van der Waals surface area contributed by atoms with Gasteiger partial charge in [0.25, 0.3) is 0 Å². The van der Waals surface area contributed by atoms with Crippen molar-refractivity contribution in [2.75, 3.05) is 4.90 Å². The minimum atomic E-state index is -2.14. The zero-order valence-corrected chi connectivity index (χ0v) is 20.4. The van der Waals surface area contributed by atoms with E-state index in [1.54, 1.807) is 12.1 Å². The molecule has 0 spiro atoms. The molecule has 2 N–H and O–H groups in total. The maximum Gasteiger partial charge on any atom is 0.199 e. The number of para-hydroxylation sites is 1. The molecular formula is C32H24NO2P. The Kier molecular flexibility index (Phi) is 5.96. The van der Waals surface area contributed by atoms with Crippen LogP contribution < -0.4 is 10.2 Å². The van der Waals surface area contributed by atoms with Gasteiger partial charge in [0.05, 0.1) is 5.69 Å². The predicted molar refractivity (Wildman–Crippen MR) is 153 cm³/mol. The second-order valence-electron chi connectivity index (χ2n) is 8.66. The van der Waals surface area contributed by atoms with Crippen molar-refractivity contribution >= 4 is 52.3 Å². The molecule has 0 unspecified atom stereocenters. The molecule has 0 amide bonds. The SMILES string of the molecule is OP(O)c1ccc(N(c2ccccc2)c2c3ccccc3c(-c3ccccc3)c3ccccc23)cc1. The molecule has 0 aliphatic carbocycles. The Morgan fingerprint density at radius 1 is 0.444 bits per heavy atom. The van der Waals surface area contributed by atoms with Crippen LogP contribution in [0.1, 0.15) is 0 Å². The Bertz CT molecular complexity index is 1590. The van der Waals surface area contributed by atoms with Crippen LogP contribution in [0.15, 0.2) is 133 Å². The van der Waals surface area contributed by atoms with E-state index >= 15 is 0 Å². The van der Waals surface area contributed by atoms with E-state index in [0.717, 1.165) is 27.8 Å². The number of anilines is 3. The minimum absolute atomic E-state index is 0.524. The third-order valence-electron chi connectivity index (χ3n) is 6.54. The number of fused-ring (bicyclic) bond motifs is 2. The van der Waals surface area contributed by atoms with Gasteiger partial charge in [-0.1, -0.05) is 97.1 Å². The highest BCUT2D eigenvalue weighted by atomic mass is 31.2. The fourth-order valence-corrected chi connectivity index (χ4v) is 5.40. The van der Waals surface area contributed by atoms with Gasteiger partial charge in [-0.2, -0.15) is 0 Å². The molecule has 0 aromatic heterocycles. The molecule has 0 saturated carbocycles. The molecular weight excluding hydrogens is 461 g/mol. The van der Waals surface area contributed by atoms with E-state index in [1.165, 1.54) is 21.9 Å². The lowest BCUT2D eigenvalue weighted by Gasteiger charge is -2.29. The van der Waals surface area contributed by atoms with Crippen molar-refractivity contribution < 1.29 is 9.79 Å². The Balaban J connectivity index is 1.73. The van der Waals surface area contributed by atoms with E-state index in [0.29, 0.717) is 5.30 Å². The van der Waals surface area contributed by atoms with Crippen molar-refractivity contribution in [1.29, 1.82) is 0 Å². The topological polar surface area (TPSA) is 43.7 Å². The molecule has 3 nitrogen and oxygen atoms in total. The van der Waals surface area contributed by atoms with Gasteiger partial charge in [-0.3, -0.25) is 0 Å². The molecule has 0 aliphatic heterocycles. The Hall–Kier alpha value is -4.01. The van der Waals surface area contributed by atoms with Crippen LogP contribution in [0, 0.1) is 0 Å². The summed E-state index contributed by atoms with van der Waals surface area (Å²) in [6.45, 7) is 0. The zero-order valence-electron chi connectivity index (χ0n) is 19.5. The first-order chi connectivity index (χ1) is 17.7. The van der Waals surface area contributed by atoms with Gasteiger partial charge in [0.1, 0.15) is 0 Å². The van der Waals surface area contributed by atoms with Crippen LogP contribution in [0.5, 0.6) is 0 Å². The maximum absolute atomic E-state index is 9.72. The highest BCUT2D eigenvalue weighted by Gasteiger charge is 2.22. The molecule has 6 aromatic carbocycles. The van der Waals surface area contributed by atoms with E-state index in [4.69, 9.17) is 0 Å². The standard InChI is InChI=1S/C32H24NO2P/c34-36(35)26-21-19-25(20-22-26)33(24-13-5-2-6-14-24)32-29-17-9-7-15-27(29)31(23-11-3-1-4-12-23)28-16-8-10-18-30(28)32/h1-22,34-35H. The van der Waals surface area contributed by atoms with Crippen molar-refractivity contribution in [2.45, 2.75) is 0 Å². The predicted octanol–water partition coefficient (Wildman–Crippen LogP) is 8.05. The summed E-state index contributed by atoms with van der Waals surface area (Å²) in [5.41, 5.74) is 5.48. The monoisotopic (exact) mass is 485 g/mol. The Morgan fingerprint density at radius 2 is 0.889 bits per heavy atom. The Morgan fingerprint density at radius 3 is 1.42 bits per heavy atom. The lowest BCUT2D eigenvalue weighted by molar-refractivity contribution is 0.497. The van der Waals surface area contributed by atoms with Gasteiger partial charge in [0.15, 0.2) is 8.38 Å². The first-order valence-corrected chi connectivity index (χ1v) is 13.1. The molecule has 0 saturated heterocycles. The van der Waals surface area contributed by atoms with Crippen molar-refractivity contribution in [1.82, 2.24) is 0 Å². The summed E-state index contributed by atoms with van der Waals surface area (Å²) in [7, 11) is -2.14. The van der Waals surface area contributed by atoms with Crippen LogP contribution in [0.3, 0.4) is 0 Å². The van der Waals surface area contributed by atoms with E-state index in [2.05, 4.69) is 89.8 Å². The summed E-state index contributed by atoms with van der Waals surface area (Å²) in [4.78, 5) is 21.7. The number of rotatable bonds is 5. The minimum Gasteiger partial charge on any atom is -0.347 e. The van der Waals surface area contributed by atoms with E-state index < -0.39 is 8.38 Å². The van der Waals surface area contributed by atoms with Crippen LogP contribution in [0.4, 0.5) is 17.1 Å². The molecule has 0 aliphatic rings. The highest BCUT2D eigenvalue weighted by molar-refractivity contribution is 7.54. The van der Waals surface area contributed by atoms with Crippen LogP contribution >= 0.6 is 8.38 Å². The molecule has 0 fully saturated rings. The lowest BCUT2D eigenvalue weighted by Crippen LogP contribution is -2.12. The van der Waals surface area contributed by atoms with Crippen LogP contribution in [-0.2, 0) is 0 Å². The second-order valence-corrected chi connectivity index (χ2v) is 9.75. The summed E-state index contributed by atoms with van der Waals surface area (Å²) >= 11 is 0. The largest absolute Gasteiger partial charge is 0.347 e. The third kappa shape index (κ3) is 3.94. The third-order valence-corrected chi connectivity index (χ3v) is 7.30. The van der Waals surface area contributed by atoms with Crippen molar-refractivity contribution in [3.8, 4) is 11.1 Å². The van der Waals surface area contributed by atoms with Crippen LogP contribution in [-0.4, -0.2) is 9.79 Å². The summed E-state index contributed by atoms with van der Waals surface area (Å²) in [5.74, 6) is 0. The van der Waals surface area contributed by atoms with Crippen LogP contribution in [0.2, 0.25) is 0 Å². The van der Waals surface area contributed by atoms with Gasteiger partial charge in [-0.25, -0.2) is 0 Å². The first-order valence-electron chi connectivity index (χ1n) is 11.8. The van der Waals surface area contributed by atoms with Gasteiger partial charge >= 0.3 is 0 Å². The van der Waals surface area contributed by atoms with Gasteiger partial charge in [0, 0.05) is 27.5 Å². The van der Waals surface area contributed by atoms with Gasteiger partial charge < -0.3 is 14.7 Å². The zero-order chi connectivity index (χ0) is 24.5. The fraction of sp³-hybridized carbons (Fsp3) is 0. The van der Waals surface area contributed by atoms with E-state index in [9.17, 15) is 9.79 Å². The number of hydrogen-bond acceptors (Lipinski definition) is 3. The fourth-order valence-electron chi connectivity index (χ4n) is 4.98. The maximum atomic E-state index is 9.72. The second kappa shape index (κ2) is 9.56. The smallest absolute Gasteiger partial charge is 0.199 e. The number of hydrogen-bond donors (Lipinski definition) is 2. The van der Waals surface area contributed by atoms with E-state index in [1.807, 2.05) is 36.4 Å². The number of nitrogens with zero attached hydrogens (tertiary/aromatic N) is 1. The lowest BCUT2D eigenvalue weighted by atomic mass is 9.90. The van der Waals surface area contributed by atoms with Crippen molar-refractivity contribution in [3.63, 3.8) is 0 Å². The van der Waals surface area contributed by atoms with Gasteiger partial charge in [-0.15, -0.1) is 0 Å². The Labute approximate surface area is 211 Å². The summed E-state index contributed by atoms with van der Waals surface area (Å²) in [6.07, 6.45) is 0. The van der Waals surface area contributed by atoms with Crippen molar-refractivity contribution in [3.05, 3.63) is 133 Å². The average Bonchev–Trinajstić information content (AvgIpc) is 2.94. The molecule has 174 valence electrons. The molecule has 6 rings (SSSR count). The quantitative estimate of drug-likeness (QED) is 0.192. The molecule has 4 heteroatoms. The molecule has 36 heavy (non-hydrogen) atoms. The highest BCUT2D eigenvalue weighted by Crippen LogP contribution is 2.47. The number of benzene rings is 6. The molecule has 6 aromatic rings. The van der Waals surface area contributed by atoms with Gasteiger partial charge in [-0.05, 0) is 58.3 Å². The van der Waals surface area contributed by atoms with Gasteiger partial charge in [0.2, 0.25) is 0 Å². The molecule has 0 bridgehead atoms. The first kappa shape index (κ1) is 22.5. The normalized spacial score (nSPS) is 11.3. The average molecular weight is 486 g/mol. The summed E-state index contributed by atoms with van der Waals surface area (Å²) < 4.78 is 0. The van der Waals surface area contributed by atoms with Crippen LogP contribution in [0.25, 0.3) is 32.7 Å². The molecule has 0 radical (unpaired) electrons. The molecule has 0 atom stereocenters. The summed E-state index contributed by atoms with van der Waals surface area (Å²) in [6, 6.07) is 45.5. The van der Waals surface area contributed by atoms with Crippen molar-refractivity contribution in [2.24, 2.45) is 0 Å².